The topological polar surface area (TPSA) is 49.6 Å². The van der Waals surface area contributed by atoms with Crippen LogP contribution >= 0.6 is 0 Å². The number of carbonyl (C=O) groups is 1. The highest BCUT2D eigenvalue weighted by Gasteiger charge is 2.23. The van der Waals surface area contributed by atoms with Crippen molar-refractivity contribution in [3.63, 3.8) is 0 Å². The van der Waals surface area contributed by atoms with Gasteiger partial charge in [0.05, 0.1) is 0 Å². The molecule has 2 N–H and O–H groups in total. The molecule has 116 valence electrons. The lowest BCUT2D eigenvalue weighted by Gasteiger charge is -2.35. The number of rotatable bonds is 3. The molecule has 4 nitrogen and oxygen atoms in total. The number of nitrogens with zero attached hydrogens (tertiary/aromatic N) is 2. The van der Waals surface area contributed by atoms with Crippen molar-refractivity contribution in [1.29, 1.82) is 0 Å². The largest absolute Gasteiger partial charge is 0.398 e. The van der Waals surface area contributed by atoms with E-state index in [1.165, 1.54) is 6.07 Å². The van der Waals surface area contributed by atoms with Crippen LogP contribution in [-0.4, -0.2) is 48.4 Å². The highest BCUT2D eigenvalue weighted by Crippen LogP contribution is 2.19. The van der Waals surface area contributed by atoms with Gasteiger partial charge in [-0.05, 0) is 25.0 Å². The van der Waals surface area contributed by atoms with Gasteiger partial charge in [-0.2, -0.15) is 0 Å². The number of carbonyl (C=O) groups excluding carboxylic acids is 1. The van der Waals surface area contributed by atoms with E-state index in [4.69, 9.17) is 5.73 Å². The van der Waals surface area contributed by atoms with Crippen molar-refractivity contribution in [2.75, 3.05) is 38.5 Å². The highest BCUT2D eigenvalue weighted by molar-refractivity contribution is 5.95. The minimum atomic E-state index is -0.420. The van der Waals surface area contributed by atoms with E-state index in [1.807, 2.05) is 0 Å². The molecule has 21 heavy (non-hydrogen) atoms. The summed E-state index contributed by atoms with van der Waals surface area (Å²) in [5.74, 6) is 0.0693. The molecule has 1 saturated heterocycles. The summed E-state index contributed by atoms with van der Waals surface area (Å²) in [6.45, 7) is 10.1. The molecule has 1 aromatic carbocycles. The fourth-order valence-corrected chi connectivity index (χ4v) is 2.66. The predicted octanol–water partition coefficient (Wildman–Crippen LogP) is 2.13. The van der Waals surface area contributed by atoms with Gasteiger partial charge in [-0.3, -0.25) is 9.69 Å². The molecule has 0 unspecified atom stereocenters. The van der Waals surface area contributed by atoms with Crippen LogP contribution in [-0.2, 0) is 0 Å². The van der Waals surface area contributed by atoms with Crippen LogP contribution < -0.4 is 5.73 Å². The smallest absolute Gasteiger partial charge is 0.254 e. The Morgan fingerprint density at radius 1 is 1.29 bits per heavy atom. The lowest BCUT2D eigenvalue weighted by atomic mass is 10.1. The fourth-order valence-electron chi connectivity index (χ4n) is 2.66. The number of benzene rings is 1. The van der Waals surface area contributed by atoms with E-state index in [-0.39, 0.29) is 5.91 Å². The first kappa shape index (κ1) is 15.8. The van der Waals surface area contributed by atoms with Crippen molar-refractivity contribution in [2.45, 2.75) is 20.8 Å². The Balaban J connectivity index is 2.02. The van der Waals surface area contributed by atoms with Crippen molar-refractivity contribution >= 4 is 11.6 Å². The van der Waals surface area contributed by atoms with E-state index in [0.717, 1.165) is 19.6 Å². The molecule has 0 aromatic heterocycles. The molecule has 1 fully saturated rings. The third kappa shape index (κ3) is 3.73. The molecule has 1 aliphatic heterocycles. The van der Waals surface area contributed by atoms with Gasteiger partial charge in [0.15, 0.2) is 0 Å². The number of halogens is 1. The second-order valence-corrected chi connectivity index (χ2v) is 6.16. The zero-order chi connectivity index (χ0) is 15.6. The minimum absolute atomic E-state index is 0.134. The molecule has 2 rings (SSSR count). The van der Waals surface area contributed by atoms with Crippen LogP contribution in [0.15, 0.2) is 12.1 Å². The molecule has 1 aromatic rings. The lowest BCUT2D eigenvalue weighted by Crippen LogP contribution is -2.49. The Morgan fingerprint density at radius 2 is 1.90 bits per heavy atom. The monoisotopic (exact) mass is 293 g/mol. The first-order valence-corrected chi connectivity index (χ1v) is 7.45. The normalized spacial score (nSPS) is 16.5. The van der Waals surface area contributed by atoms with Gasteiger partial charge in [-0.25, -0.2) is 4.39 Å². The maximum Gasteiger partial charge on any atom is 0.254 e. The second kappa shape index (κ2) is 6.43. The molecule has 0 radical (unpaired) electrons. The number of anilines is 1. The maximum absolute atomic E-state index is 13.7. The van der Waals surface area contributed by atoms with Gasteiger partial charge in [0, 0.05) is 49.5 Å². The SMILES string of the molecule is Cc1c(N)cc(C(=O)N2CCN(CC(C)C)CC2)cc1F. The molecule has 1 heterocycles. The van der Waals surface area contributed by atoms with E-state index in [2.05, 4.69) is 18.7 Å². The summed E-state index contributed by atoms with van der Waals surface area (Å²) in [4.78, 5) is 16.6. The standard InChI is InChI=1S/C16H24FN3O/c1-11(2)10-19-4-6-20(7-5-19)16(21)13-8-14(17)12(3)15(18)9-13/h8-9,11H,4-7,10,18H2,1-3H3. The Bertz CT molecular complexity index is 499. The van der Waals surface area contributed by atoms with Crippen molar-refractivity contribution in [1.82, 2.24) is 9.80 Å². The zero-order valence-corrected chi connectivity index (χ0v) is 13.0. The quantitative estimate of drug-likeness (QED) is 0.869. The summed E-state index contributed by atoms with van der Waals surface area (Å²) in [7, 11) is 0. The van der Waals surface area contributed by atoms with E-state index < -0.39 is 5.82 Å². The average Bonchev–Trinajstić information content (AvgIpc) is 2.43. The van der Waals surface area contributed by atoms with Gasteiger partial charge in [0.2, 0.25) is 0 Å². The number of nitrogens with two attached hydrogens (primary N) is 1. The van der Waals surface area contributed by atoms with Crippen LogP contribution in [0.4, 0.5) is 10.1 Å². The number of amides is 1. The highest BCUT2D eigenvalue weighted by atomic mass is 19.1. The Hall–Kier alpha value is -1.62. The summed E-state index contributed by atoms with van der Waals surface area (Å²) in [6.07, 6.45) is 0. The first-order valence-electron chi connectivity index (χ1n) is 7.45. The first-order chi connectivity index (χ1) is 9.88. The van der Waals surface area contributed by atoms with Crippen LogP contribution in [0.1, 0.15) is 29.8 Å². The van der Waals surface area contributed by atoms with Gasteiger partial charge in [-0.15, -0.1) is 0 Å². The van der Waals surface area contributed by atoms with Crippen molar-refractivity contribution in [3.05, 3.63) is 29.1 Å². The molecule has 0 atom stereocenters. The van der Waals surface area contributed by atoms with Crippen LogP contribution in [0, 0.1) is 18.7 Å². The van der Waals surface area contributed by atoms with E-state index in [0.29, 0.717) is 35.8 Å². The summed E-state index contributed by atoms with van der Waals surface area (Å²) in [6, 6.07) is 2.86. The number of hydrogen-bond donors (Lipinski definition) is 1. The summed E-state index contributed by atoms with van der Waals surface area (Å²) >= 11 is 0. The van der Waals surface area contributed by atoms with Crippen LogP contribution in [0.25, 0.3) is 0 Å². The molecule has 0 saturated carbocycles. The summed E-state index contributed by atoms with van der Waals surface area (Å²) < 4.78 is 13.7. The van der Waals surface area contributed by atoms with Gasteiger partial charge >= 0.3 is 0 Å². The Morgan fingerprint density at radius 3 is 2.43 bits per heavy atom. The zero-order valence-electron chi connectivity index (χ0n) is 13.0. The second-order valence-electron chi connectivity index (χ2n) is 6.16. The van der Waals surface area contributed by atoms with Gasteiger partial charge < -0.3 is 10.6 Å². The number of hydrogen-bond acceptors (Lipinski definition) is 3. The molecular weight excluding hydrogens is 269 g/mol. The maximum atomic E-state index is 13.7. The van der Waals surface area contributed by atoms with Gasteiger partial charge in [-0.1, -0.05) is 13.8 Å². The van der Waals surface area contributed by atoms with E-state index >= 15 is 0 Å². The third-order valence-electron chi connectivity index (χ3n) is 3.91. The minimum Gasteiger partial charge on any atom is -0.398 e. The van der Waals surface area contributed by atoms with E-state index in [1.54, 1.807) is 17.9 Å². The predicted molar refractivity (Wildman–Crippen MR) is 82.7 cm³/mol. The molecule has 0 aliphatic carbocycles. The van der Waals surface area contributed by atoms with E-state index in [9.17, 15) is 9.18 Å². The van der Waals surface area contributed by atoms with Crippen molar-refractivity contribution in [2.24, 2.45) is 5.92 Å². The molecule has 0 spiro atoms. The molecule has 1 aliphatic rings. The van der Waals surface area contributed by atoms with Gasteiger partial charge in [0.1, 0.15) is 5.82 Å². The molecule has 5 heteroatoms. The number of piperazine rings is 1. The van der Waals surface area contributed by atoms with Crippen molar-refractivity contribution in [3.8, 4) is 0 Å². The van der Waals surface area contributed by atoms with Crippen molar-refractivity contribution < 1.29 is 9.18 Å². The van der Waals surface area contributed by atoms with Crippen LogP contribution in [0.5, 0.6) is 0 Å². The Labute approximate surface area is 125 Å². The lowest BCUT2D eigenvalue weighted by molar-refractivity contribution is 0.0623. The molecule has 0 bridgehead atoms. The third-order valence-corrected chi connectivity index (χ3v) is 3.91. The summed E-state index contributed by atoms with van der Waals surface area (Å²) in [5.41, 5.74) is 6.81. The van der Waals surface area contributed by atoms with Gasteiger partial charge in [0.25, 0.3) is 5.91 Å². The van der Waals surface area contributed by atoms with Crippen LogP contribution in [0.3, 0.4) is 0 Å². The molecular formula is C16H24FN3O. The fraction of sp³-hybridized carbons (Fsp3) is 0.562. The average molecular weight is 293 g/mol. The number of nitrogen functional groups attached to an aromatic ring is 1. The molecule has 1 amide bonds. The Kier molecular flexibility index (Phi) is 4.83. The van der Waals surface area contributed by atoms with Crippen LogP contribution in [0.2, 0.25) is 0 Å². The summed E-state index contributed by atoms with van der Waals surface area (Å²) in [5, 5.41) is 0.